The van der Waals surface area contributed by atoms with Crippen molar-refractivity contribution >= 4 is 40.9 Å². The van der Waals surface area contributed by atoms with Gasteiger partial charge >= 0.3 is 0 Å². The number of hydrogen-bond acceptors (Lipinski definition) is 3. The molecule has 1 amide bonds. The molecule has 1 atom stereocenters. The molecule has 1 unspecified atom stereocenters. The van der Waals surface area contributed by atoms with Crippen LogP contribution in [0, 0.1) is 6.92 Å². The number of nitrogens with one attached hydrogen (secondary N) is 3. The Kier molecular flexibility index (Phi) is 8.10. The summed E-state index contributed by atoms with van der Waals surface area (Å²) in [4.78, 5) is 16.8. The number of carbonyl (C=O) groups excluding carboxylic acids is 1. The van der Waals surface area contributed by atoms with Gasteiger partial charge < -0.3 is 16.0 Å². The van der Waals surface area contributed by atoms with E-state index in [1.807, 2.05) is 43.8 Å². The summed E-state index contributed by atoms with van der Waals surface area (Å²) in [6.45, 7) is 8.38. The first-order chi connectivity index (χ1) is 12.4. The van der Waals surface area contributed by atoms with Crippen LogP contribution in [0.25, 0.3) is 0 Å². The lowest BCUT2D eigenvalue weighted by molar-refractivity contribution is -0.116. The normalized spacial score (nSPS) is 20.1. The number of nitrogens with zero attached hydrogens (tertiary/aromatic N) is 1. The SMILES string of the molecule is CCNC(=NCC1(C)CCCS1)NCCC(=O)Nc1ccc(C)cc1Cl. The average Bonchev–Trinajstić information content (AvgIpc) is 3.02. The molecule has 0 aromatic heterocycles. The van der Waals surface area contributed by atoms with Gasteiger partial charge in [-0.3, -0.25) is 9.79 Å². The first-order valence-corrected chi connectivity index (χ1v) is 10.5. The van der Waals surface area contributed by atoms with E-state index in [0.29, 0.717) is 23.7 Å². The molecule has 1 fully saturated rings. The van der Waals surface area contributed by atoms with E-state index < -0.39 is 0 Å². The van der Waals surface area contributed by atoms with E-state index >= 15 is 0 Å². The Bertz CT molecular complexity index is 644. The highest BCUT2D eigenvalue weighted by Gasteiger charge is 2.29. The monoisotopic (exact) mass is 396 g/mol. The van der Waals surface area contributed by atoms with E-state index in [9.17, 15) is 4.79 Å². The third-order valence-corrected chi connectivity index (χ3v) is 6.10. The van der Waals surface area contributed by atoms with Crippen LogP contribution in [0.1, 0.15) is 38.7 Å². The fourth-order valence-corrected chi connectivity index (χ4v) is 4.29. The third-order valence-electron chi connectivity index (χ3n) is 4.26. The number of hydrogen-bond donors (Lipinski definition) is 3. The van der Waals surface area contributed by atoms with Crippen molar-refractivity contribution in [3.8, 4) is 0 Å². The largest absolute Gasteiger partial charge is 0.357 e. The number of carbonyl (C=O) groups is 1. The number of aryl methyl sites for hydroxylation is 1. The number of guanidine groups is 1. The second-order valence-electron chi connectivity index (χ2n) is 6.81. The van der Waals surface area contributed by atoms with Crippen LogP contribution in [0.5, 0.6) is 0 Å². The number of aliphatic imine (C=N–C) groups is 1. The Morgan fingerprint density at radius 2 is 2.19 bits per heavy atom. The van der Waals surface area contributed by atoms with Crippen LogP contribution in [-0.4, -0.2) is 42.0 Å². The van der Waals surface area contributed by atoms with Gasteiger partial charge in [-0.1, -0.05) is 17.7 Å². The van der Waals surface area contributed by atoms with Crippen LogP contribution in [-0.2, 0) is 4.79 Å². The van der Waals surface area contributed by atoms with E-state index in [1.54, 1.807) is 0 Å². The molecule has 1 saturated heterocycles. The van der Waals surface area contributed by atoms with Crippen molar-refractivity contribution in [3.05, 3.63) is 28.8 Å². The average molecular weight is 397 g/mol. The molecular formula is C19H29ClN4OS. The zero-order chi connectivity index (χ0) is 19.0. The molecule has 26 heavy (non-hydrogen) atoms. The predicted octanol–water partition coefficient (Wildman–Crippen LogP) is 3.82. The standard InChI is InChI=1S/C19H29ClN4OS/c1-4-21-18(23-13-19(3)9-5-11-26-19)22-10-8-17(25)24-16-7-6-14(2)12-15(16)20/h6-7,12H,4-5,8-11,13H2,1-3H3,(H,24,25)(H2,21,22,23). The van der Waals surface area contributed by atoms with Crippen LogP contribution in [0.15, 0.2) is 23.2 Å². The zero-order valence-electron chi connectivity index (χ0n) is 15.8. The number of benzene rings is 1. The molecule has 2 rings (SSSR count). The molecule has 0 bridgehead atoms. The van der Waals surface area contributed by atoms with Crippen LogP contribution in [0.4, 0.5) is 5.69 Å². The molecule has 1 aliphatic heterocycles. The van der Waals surface area contributed by atoms with Gasteiger partial charge in [0.25, 0.3) is 0 Å². The third kappa shape index (κ3) is 6.72. The maximum atomic E-state index is 12.1. The topological polar surface area (TPSA) is 65.5 Å². The van der Waals surface area contributed by atoms with Gasteiger partial charge in [0.1, 0.15) is 0 Å². The molecule has 1 heterocycles. The Hall–Kier alpha value is -1.40. The molecule has 0 spiro atoms. The first-order valence-electron chi connectivity index (χ1n) is 9.14. The molecule has 3 N–H and O–H groups in total. The lowest BCUT2D eigenvalue weighted by Crippen LogP contribution is -2.39. The van der Waals surface area contributed by atoms with Crippen LogP contribution < -0.4 is 16.0 Å². The van der Waals surface area contributed by atoms with E-state index in [0.717, 1.165) is 24.6 Å². The van der Waals surface area contributed by atoms with E-state index in [1.165, 1.54) is 18.6 Å². The van der Waals surface area contributed by atoms with Crippen LogP contribution >= 0.6 is 23.4 Å². The molecular weight excluding hydrogens is 368 g/mol. The van der Waals surface area contributed by atoms with Crippen LogP contribution in [0.3, 0.4) is 0 Å². The fraction of sp³-hybridized carbons (Fsp3) is 0.579. The summed E-state index contributed by atoms with van der Waals surface area (Å²) in [5.41, 5.74) is 1.71. The molecule has 0 radical (unpaired) electrons. The summed E-state index contributed by atoms with van der Waals surface area (Å²) in [5.74, 6) is 1.91. The van der Waals surface area contributed by atoms with Crippen molar-refractivity contribution in [2.24, 2.45) is 4.99 Å². The number of rotatable bonds is 7. The van der Waals surface area contributed by atoms with Crippen LogP contribution in [0.2, 0.25) is 5.02 Å². The lowest BCUT2D eigenvalue weighted by atomic mass is 10.1. The quantitative estimate of drug-likeness (QED) is 0.484. The van der Waals surface area contributed by atoms with Gasteiger partial charge in [-0.05, 0) is 57.1 Å². The molecule has 1 aromatic rings. The van der Waals surface area contributed by atoms with Crippen molar-refractivity contribution in [1.82, 2.24) is 10.6 Å². The number of amides is 1. The van der Waals surface area contributed by atoms with Crippen molar-refractivity contribution in [1.29, 1.82) is 0 Å². The summed E-state index contributed by atoms with van der Waals surface area (Å²) >= 11 is 8.15. The van der Waals surface area contributed by atoms with E-state index in [2.05, 4.69) is 22.9 Å². The Morgan fingerprint density at radius 3 is 2.85 bits per heavy atom. The van der Waals surface area contributed by atoms with Gasteiger partial charge in [-0.15, -0.1) is 0 Å². The number of thioether (sulfide) groups is 1. The summed E-state index contributed by atoms with van der Waals surface area (Å²) in [5, 5.41) is 9.89. The Morgan fingerprint density at radius 1 is 1.38 bits per heavy atom. The number of anilines is 1. The van der Waals surface area contributed by atoms with Gasteiger partial charge in [0.15, 0.2) is 5.96 Å². The molecule has 1 aromatic carbocycles. The summed E-state index contributed by atoms with van der Waals surface area (Å²) in [6.07, 6.45) is 2.82. The highest BCUT2D eigenvalue weighted by molar-refractivity contribution is 8.00. The maximum Gasteiger partial charge on any atom is 0.226 e. The predicted molar refractivity (Wildman–Crippen MR) is 114 cm³/mol. The van der Waals surface area contributed by atoms with Crippen molar-refractivity contribution in [3.63, 3.8) is 0 Å². The van der Waals surface area contributed by atoms with Gasteiger partial charge in [0, 0.05) is 24.3 Å². The zero-order valence-corrected chi connectivity index (χ0v) is 17.4. The van der Waals surface area contributed by atoms with Crippen molar-refractivity contribution in [2.75, 3.05) is 30.7 Å². The number of halogens is 1. The van der Waals surface area contributed by atoms with E-state index in [-0.39, 0.29) is 10.7 Å². The molecule has 144 valence electrons. The van der Waals surface area contributed by atoms with Crippen molar-refractivity contribution < 1.29 is 4.79 Å². The van der Waals surface area contributed by atoms with Gasteiger partial charge in [0.05, 0.1) is 17.3 Å². The molecule has 7 heteroatoms. The highest BCUT2D eigenvalue weighted by atomic mass is 35.5. The summed E-state index contributed by atoms with van der Waals surface area (Å²) < 4.78 is 0.238. The Labute approximate surface area is 165 Å². The highest BCUT2D eigenvalue weighted by Crippen LogP contribution is 2.37. The minimum atomic E-state index is -0.0718. The minimum absolute atomic E-state index is 0.0718. The summed E-state index contributed by atoms with van der Waals surface area (Å²) in [7, 11) is 0. The molecule has 1 aliphatic rings. The minimum Gasteiger partial charge on any atom is -0.357 e. The van der Waals surface area contributed by atoms with Gasteiger partial charge in [-0.2, -0.15) is 11.8 Å². The Balaban J connectivity index is 1.80. The second-order valence-corrected chi connectivity index (χ2v) is 8.90. The smallest absolute Gasteiger partial charge is 0.226 e. The first kappa shape index (κ1) is 20.9. The van der Waals surface area contributed by atoms with Gasteiger partial charge in [0.2, 0.25) is 5.91 Å². The fourth-order valence-electron chi connectivity index (χ4n) is 2.78. The van der Waals surface area contributed by atoms with Crippen molar-refractivity contribution in [2.45, 2.75) is 44.8 Å². The van der Waals surface area contributed by atoms with E-state index in [4.69, 9.17) is 16.6 Å². The molecule has 0 aliphatic carbocycles. The van der Waals surface area contributed by atoms with Gasteiger partial charge in [-0.25, -0.2) is 0 Å². The lowest BCUT2D eigenvalue weighted by Gasteiger charge is -2.21. The summed E-state index contributed by atoms with van der Waals surface area (Å²) in [6, 6.07) is 5.60. The molecule has 5 nitrogen and oxygen atoms in total. The molecule has 0 saturated carbocycles. The maximum absolute atomic E-state index is 12.1. The second kappa shape index (κ2) is 10.1.